The van der Waals surface area contributed by atoms with Gasteiger partial charge in [-0.15, -0.1) is 0 Å². The predicted molar refractivity (Wildman–Crippen MR) is 135 cm³/mol. The van der Waals surface area contributed by atoms with E-state index in [1.54, 1.807) is 6.20 Å². The fraction of sp³-hybridized carbons (Fsp3) is 0.429. The maximum atomic E-state index is 13.1. The highest BCUT2D eigenvalue weighted by Crippen LogP contribution is 2.25. The highest BCUT2D eigenvalue weighted by molar-refractivity contribution is 5.96. The molecular formula is C28H34N4O3. The summed E-state index contributed by atoms with van der Waals surface area (Å²) in [4.78, 5) is 17.6. The van der Waals surface area contributed by atoms with E-state index in [0.29, 0.717) is 24.0 Å². The van der Waals surface area contributed by atoms with Crippen LogP contribution in [0.5, 0.6) is 5.75 Å². The predicted octanol–water partition coefficient (Wildman–Crippen LogP) is 4.52. The summed E-state index contributed by atoms with van der Waals surface area (Å²) in [6, 6.07) is 14.1. The van der Waals surface area contributed by atoms with Crippen molar-refractivity contribution in [3.05, 3.63) is 71.1 Å². The topological polar surface area (TPSA) is 88.4 Å². The fourth-order valence-corrected chi connectivity index (χ4v) is 4.65. The molecule has 2 aromatic carbocycles. The lowest BCUT2D eigenvalue weighted by molar-refractivity contribution is 0.0937. The van der Waals surface area contributed by atoms with Crippen molar-refractivity contribution in [3.63, 3.8) is 0 Å². The Morgan fingerprint density at radius 3 is 2.80 bits per heavy atom. The maximum absolute atomic E-state index is 13.1. The van der Waals surface area contributed by atoms with Crippen LogP contribution in [0.1, 0.15) is 65.9 Å². The normalized spacial score (nSPS) is 17.2. The van der Waals surface area contributed by atoms with Crippen LogP contribution in [-0.4, -0.2) is 36.1 Å². The van der Waals surface area contributed by atoms with Crippen molar-refractivity contribution in [1.82, 2.24) is 20.9 Å². The molecule has 7 nitrogen and oxygen atoms in total. The first kappa shape index (κ1) is 23.6. The molecule has 1 saturated carbocycles. The van der Waals surface area contributed by atoms with Crippen LogP contribution in [0.4, 0.5) is 0 Å². The smallest absolute Gasteiger partial charge is 0.252 e. The summed E-state index contributed by atoms with van der Waals surface area (Å²) in [5.41, 5.74) is 3.44. The van der Waals surface area contributed by atoms with Crippen LogP contribution in [0, 0.1) is 6.92 Å². The Balaban J connectivity index is 1.23. The first-order valence-electron chi connectivity index (χ1n) is 12.6. The van der Waals surface area contributed by atoms with E-state index in [2.05, 4.69) is 20.9 Å². The van der Waals surface area contributed by atoms with E-state index in [-0.39, 0.29) is 18.1 Å². The second-order valence-electron chi connectivity index (χ2n) is 9.69. The molecule has 5 rings (SSSR count). The zero-order chi connectivity index (χ0) is 24.2. The van der Waals surface area contributed by atoms with E-state index in [0.717, 1.165) is 41.3 Å². The summed E-state index contributed by atoms with van der Waals surface area (Å²) in [7, 11) is 0. The SMILES string of the molecule is Cc1ccc(OC2CNC2)cc1C(=O)N[C@H](C)c1cccc(-c2ncc(CNC3CCCC3)o2)c1. The van der Waals surface area contributed by atoms with Gasteiger partial charge in [-0.2, -0.15) is 0 Å². The number of benzene rings is 2. The third kappa shape index (κ3) is 5.74. The van der Waals surface area contributed by atoms with Crippen LogP contribution >= 0.6 is 0 Å². The number of nitrogens with zero attached hydrogens (tertiary/aromatic N) is 1. The molecule has 1 amide bonds. The molecule has 1 aromatic heterocycles. The third-order valence-electron chi connectivity index (χ3n) is 6.96. The molecule has 1 aliphatic heterocycles. The molecule has 0 radical (unpaired) electrons. The summed E-state index contributed by atoms with van der Waals surface area (Å²) in [6.07, 6.45) is 7.05. The van der Waals surface area contributed by atoms with Crippen LogP contribution in [0.2, 0.25) is 0 Å². The average molecular weight is 475 g/mol. The minimum Gasteiger partial charge on any atom is -0.488 e. The monoisotopic (exact) mass is 474 g/mol. The van der Waals surface area contributed by atoms with Gasteiger partial charge in [-0.3, -0.25) is 4.79 Å². The van der Waals surface area contributed by atoms with Gasteiger partial charge in [0.05, 0.1) is 18.8 Å². The molecule has 1 aliphatic carbocycles. The second kappa shape index (κ2) is 10.6. The molecule has 3 aromatic rings. The van der Waals surface area contributed by atoms with Crippen molar-refractivity contribution in [1.29, 1.82) is 0 Å². The van der Waals surface area contributed by atoms with Gasteiger partial charge in [-0.1, -0.05) is 31.0 Å². The Kier molecular flexibility index (Phi) is 7.16. The van der Waals surface area contributed by atoms with Crippen molar-refractivity contribution in [2.45, 2.75) is 64.3 Å². The van der Waals surface area contributed by atoms with Crippen LogP contribution in [0.15, 0.2) is 53.1 Å². The van der Waals surface area contributed by atoms with Crippen molar-refractivity contribution in [2.75, 3.05) is 13.1 Å². The molecule has 0 spiro atoms. The van der Waals surface area contributed by atoms with Crippen molar-refractivity contribution in [3.8, 4) is 17.2 Å². The second-order valence-corrected chi connectivity index (χ2v) is 9.69. The van der Waals surface area contributed by atoms with Gasteiger partial charge in [-0.25, -0.2) is 4.98 Å². The van der Waals surface area contributed by atoms with E-state index in [4.69, 9.17) is 9.15 Å². The zero-order valence-corrected chi connectivity index (χ0v) is 20.5. The number of rotatable bonds is 9. The molecule has 7 heteroatoms. The van der Waals surface area contributed by atoms with E-state index in [1.807, 2.05) is 56.3 Å². The van der Waals surface area contributed by atoms with Crippen LogP contribution in [-0.2, 0) is 6.54 Å². The number of carbonyl (C=O) groups excluding carboxylic acids is 1. The summed E-state index contributed by atoms with van der Waals surface area (Å²) in [5.74, 6) is 2.05. The summed E-state index contributed by atoms with van der Waals surface area (Å²) in [6.45, 7) is 6.30. The minimum atomic E-state index is -0.180. The van der Waals surface area contributed by atoms with Gasteiger partial charge in [-0.05, 0) is 62.1 Å². The number of nitrogens with one attached hydrogen (secondary N) is 3. The van der Waals surface area contributed by atoms with Gasteiger partial charge < -0.3 is 25.1 Å². The van der Waals surface area contributed by atoms with Gasteiger partial charge in [0, 0.05) is 30.3 Å². The van der Waals surface area contributed by atoms with E-state index in [1.165, 1.54) is 25.7 Å². The first-order valence-corrected chi connectivity index (χ1v) is 12.6. The van der Waals surface area contributed by atoms with Crippen LogP contribution in [0.25, 0.3) is 11.5 Å². The molecule has 1 atom stereocenters. The van der Waals surface area contributed by atoms with Crippen molar-refractivity contribution < 1.29 is 13.9 Å². The van der Waals surface area contributed by atoms with Crippen molar-refractivity contribution in [2.24, 2.45) is 0 Å². The van der Waals surface area contributed by atoms with Crippen LogP contribution in [0.3, 0.4) is 0 Å². The van der Waals surface area contributed by atoms with Gasteiger partial charge in [0.15, 0.2) is 0 Å². The van der Waals surface area contributed by atoms with Gasteiger partial charge in [0.1, 0.15) is 17.6 Å². The standard InChI is InChI=1S/C28H34N4O3/c1-18-10-11-23(34-24-14-29-15-24)13-26(18)27(33)32-19(2)20-6-5-7-21(12-20)28-31-17-25(35-28)16-30-22-8-3-4-9-22/h5-7,10-13,17,19,22,24,29-30H,3-4,8-9,14-16H2,1-2H3,(H,32,33)/t19-/m1/s1. The van der Waals surface area contributed by atoms with Gasteiger partial charge in [0.25, 0.3) is 5.91 Å². The number of amides is 1. The van der Waals surface area contributed by atoms with E-state index >= 15 is 0 Å². The summed E-state index contributed by atoms with van der Waals surface area (Å²) in [5, 5.41) is 9.88. The number of hydrogen-bond acceptors (Lipinski definition) is 6. The van der Waals surface area contributed by atoms with Crippen molar-refractivity contribution >= 4 is 5.91 Å². The largest absolute Gasteiger partial charge is 0.488 e. The quantitative estimate of drug-likeness (QED) is 0.423. The summed E-state index contributed by atoms with van der Waals surface area (Å²) >= 11 is 0. The lowest BCUT2D eigenvalue weighted by Gasteiger charge is -2.28. The Bertz CT molecular complexity index is 1160. The highest BCUT2D eigenvalue weighted by atomic mass is 16.5. The molecule has 3 N–H and O–H groups in total. The number of aryl methyl sites for hydroxylation is 1. The molecule has 184 valence electrons. The number of aromatic nitrogens is 1. The third-order valence-corrected chi connectivity index (χ3v) is 6.96. The molecule has 0 bridgehead atoms. The Labute approximate surface area is 206 Å². The number of oxazole rings is 1. The van der Waals surface area contributed by atoms with E-state index < -0.39 is 0 Å². The van der Waals surface area contributed by atoms with Gasteiger partial charge >= 0.3 is 0 Å². The lowest BCUT2D eigenvalue weighted by Crippen LogP contribution is -2.50. The molecule has 35 heavy (non-hydrogen) atoms. The Morgan fingerprint density at radius 2 is 2.03 bits per heavy atom. The number of ether oxygens (including phenoxy) is 1. The first-order chi connectivity index (χ1) is 17.0. The highest BCUT2D eigenvalue weighted by Gasteiger charge is 2.20. The zero-order valence-electron chi connectivity index (χ0n) is 20.5. The average Bonchev–Trinajstić information content (AvgIpc) is 3.53. The van der Waals surface area contributed by atoms with E-state index in [9.17, 15) is 4.79 Å². The molecule has 1 saturated heterocycles. The van der Waals surface area contributed by atoms with Gasteiger partial charge in [0.2, 0.25) is 5.89 Å². The Hall–Kier alpha value is -3.16. The molecular weight excluding hydrogens is 440 g/mol. The maximum Gasteiger partial charge on any atom is 0.252 e. The fourth-order valence-electron chi connectivity index (χ4n) is 4.65. The molecule has 0 unspecified atom stereocenters. The molecule has 2 heterocycles. The number of hydrogen-bond donors (Lipinski definition) is 3. The molecule has 2 aliphatic rings. The summed E-state index contributed by atoms with van der Waals surface area (Å²) < 4.78 is 11.9. The van der Waals surface area contributed by atoms with Crippen LogP contribution < -0.4 is 20.7 Å². The lowest BCUT2D eigenvalue weighted by atomic mass is 10.0. The molecule has 2 fully saturated rings. The minimum absolute atomic E-state index is 0.117. The number of carbonyl (C=O) groups is 1. The Morgan fingerprint density at radius 1 is 1.20 bits per heavy atom.